The number of amides is 2. The van der Waals surface area contributed by atoms with Gasteiger partial charge in [-0.3, -0.25) is 4.79 Å². The largest absolute Gasteiger partial charge is 0.493 e. The van der Waals surface area contributed by atoms with Crippen molar-refractivity contribution in [3.05, 3.63) is 35.9 Å². The molecule has 2 aliphatic heterocycles. The normalized spacial score (nSPS) is 16.5. The van der Waals surface area contributed by atoms with E-state index in [1.165, 1.54) is 0 Å². The van der Waals surface area contributed by atoms with E-state index in [0.29, 0.717) is 60.5 Å². The molecule has 1 aromatic carbocycles. The molecule has 0 aliphatic carbocycles. The Morgan fingerprint density at radius 1 is 1.05 bits per heavy atom. The van der Waals surface area contributed by atoms with E-state index in [0.717, 1.165) is 17.7 Å². The van der Waals surface area contributed by atoms with Crippen LogP contribution >= 0.6 is 0 Å². The Morgan fingerprint density at radius 2 is 1.77 bits per heavy atom. The number of nitrogens with two attached hydrogens (primary N) is 1. The molecule has 2 aromatic heterocycles. The lowest BCUT2D eigenvalue weighted by Crippen LogP contribution is -2.43. The third kappa shape index (κ3) is 6.22. The fourth-order valence-corrected chi connectivity index (χ4v) is 5.36. The molecule has 1 saturated heterocycles. The number of aromatic nitrogens is 4. The fraction of sp³-hybridized carbons (Fsp3) is 0.483. The van der Waals surface area contributed by atoms with Crippen LogP contribution in [0.15, 0.2) is 24.7 Å². The second kappa shape index (κ2) is 11.9. The summed E-state index contributed by atoms with van der Waals surface area (Å²) in [6.07, 6.45) is 4.99. The molecule has 1 fully saturated rings. The molecule has 14 nitrogen and oxygen atoms in total. The first kappa shape index (κ1) is 29.7. The Balaban J connectivity index is 1.48. The van der Waals surface area contributed by atoms with Crippen LogP contribution in [0, 0.1) is 0 Å². The highest BCUT2D eigenvalue weighted by atomic mass is 16.6. The van der Waals surface area contributed by atoms with E-state index in [2.05, 4.69) is 10.3 Å². The van der Waals surface area contributed by atoms with Gasteiger partial charge in [0.1, 0.15) is 23.8 Å². The summed E-state index contributed by atoms with van der Waals surface area (Å²) in [6, 6.07) is 3.15. The number of hydrogen-bond acceptors (Lipinski definition) is 11. The van der Waals surface area contributed by atoms with Crippen LogP contribution in [0.2, 0.25) is 0 Å². The van der Waals surface area contributed by atoms with Crippen LogP contribution in [0.1, 0.15) is 44.9 Å². The molecule has 0 spiro atoms. The predicted molar refractivity (Wildman–Crippen MR) is 158 cm³/mol. The molecule has 3 aromatic rings. The first-order valence-corrected chi connectivity index (χ1v) is 14.1. The Labute approximate surface area is 250 Å². The molecule has 14 heteroatoms. The van der Waals surface area contributed by atoms with Gasteiger partial charge in [0.2, 0.25) is 17.6 Å². The van der Waals surface area contributed by atoms with Crippen molar-refractivity contribution >= 4 is 29.6 Å². The van der Waals surface area contributed by atoms with Crippen molar-refractivity contribution in [3.8, 4) is 22.9 Å². The highest BCUT2D eigenvalue weighted by Gasteiger charge is 2.35. The number of nitrogens with one attached hydrogen (secondary N) is 1. The molecule has 4 heterocycles. The van der Waals surface area contributed by atoms with Gasteiger partial charge in [0.25, 0.3) is 0 Å². The molecule has 0 unspecified atom stereocenters. The van der Waals surface area contributed by atoms with E-state index in [9.17, 15) is 9.59 Å². The number of ether oxygens (including phenoxy) is 4. The summed E-state index contributed by atoms with van der Waals surface area (Å²) in [4.78, 5) is 42.9. The van der Waals surface area contributed by atoms with Gasteiger partial charge in [0.15, 0.2) is 17.3 Å². The number of benzene rings is 1. The number of nitrogens with zero attached hydrogens (tertiary/aromatic N) is 6. The van der Waals surface area contributed by atoms with Gasteiger partial charge in [-0.15, -0.1) is 0 Å². The number of carbonyl (C=O) groups excluding carboxylic acids is 2. The molecule has 43 heavy (non-hydrogen) atoms. The number of methoxy groups -OCH3 is 3. The molecule has 0 radical (unpaired) electrons. The summed E-state index contributed by atoms with van der Waals surface area (Å²) < 4.78 is 23.8. The molecule has 0 bridgehead atoms. The van der Waals surface area contributed by atoms with E-state index in [4.69, 9.17) is 34.6 Å². The van der Waals surface area contributed by atoms with Crippen molar-refractivity contribution in [2.75, 3.05) is 44.6 Å². The molecular formula is C29H38N8O6. The third-order valence-electron chi connectivity index (χ3n) is 7.32. The second-order valence-corrected chi connectivity index (χ2v) is 11.4. The maximum Gasteiger partial charge on any atom is 0.410 e. The first-order valence-electron chi connectivity index (χ1n) is 14.1. The van der Waals surface area contributed by atoms with Crippen LogP contribution in [0.3, 0.4) is 0 Å². The standard InChI is InChI=1S/C29H38N8O6/c1-29(2,3)43-28(39)35-11-9-18-19(14-35)32-27(34-26(18)37-10-7-8-20(37)25(30)38)33-23-15-36(16-31-23)17-12-21(40-4)24(42-6)22(13-17)41-5/h12-13,15-16,20H,7-11,14H2,1-6H3,(H2,30,38)(H,32,33,34)/t20-/m0/s1. The van der Waals surface area contributed by atoms with Gasteiger partial charge in [0, 0.05) is 30.8 Å². The van der Waals surface area contributed by atoms with Crippen LogP contribution in [0.4, 0.5) is 22.4 Å². The third-order valence-corrected chi connectivity index (χ3v) is 7.32. The maximum atomic E-state index is 12.9. The van der Waals surface area contributed by atoms with Crippen molar-refractivity contribution in [3.63, 3.8) is 0 Å². The summed E-state index contributed by atoms with van der Waals surface area (Å²) in [7, 11) is 4.66. The van der Waals surface area contributed by atoms with Gasteiger partial charge >= 0.3 is 6.09 Å². The zero-order valence-electron chi connectivity index (χ0n) is 25.3. The first-order chi connectivity index (χ1) is 20.5. The van der Waals surface area contributed by atoms with E-state index < -0.39 is 23.6 Å². The maximum absolute atomic E-state index is 12.9. The summed E-state index contributed by atoms with van der Waals surface area (Å²) in [5.41, 5.74) is 7.42. The van der Waals surface area contributed by atoms with Gasteiger partial charge in [-0.25, -0.2) is 14.8 Å². The van der Waals surface area contributed by atoms with Gasteiger partial charge in [-0.2, -0.15) is 4.98 Å². The zero-order valence-corrected chi connectivity index (χ0v) is 25.3. The molecule has 1 atom stereocenters. The van der Waals surface area contributed by atoms with Crippen molar-refractivity contribution in [1.29, 1.82) is 0 Å². The minimum Gasteiger partial charge on any atom is -0.493 e. The molecular weight excluding hydrogens is 556 g/mol. The van der Waals surface area contributed by atoms with Crippen LogP contribution < -0.4 is 30.2 Å². The average Bonchev–Trinajstić information content (AvgIpc) is 3.65. The minimum absolute atomic E-state index is 0.239. The minimum atomic E-state index is -0.623. The van der Waals surface area contributed by atoms with Crippen LogP contribution in [-0.4, -0.2) is 82.5 Å². The van der Waals surface area contributed by atoms with Crippen molar-refractivity contribution in [2.24, 2.45) is 5.73 Å². The quantitative estimate of drug-likeness (QED) is 0.394. The van der Waals surface area contributed by atoms with Crippen LogP contribution in [0.25, 0.3) is 5.69 Å². The number of rotatable bonds is 8. The topological polar surface area (TPSA) is 159 Å². The molecule has 3 N–H and O–H groups in total. The number of imidazole rings is 1. The summed E-state index contributed by atoms with van der Waals surface area (Å²) in [5.74, 6) is 2.51. The monoisotopic (exact) mass is 594 g/mol. The number of hydrogen-bond donors (Lipinski definition) is 2. The molecule has 230 valence electrons. The lowest BCUT2D eigenvalue weighted by molar-refractivity contribution is -0.119. The van der Waals surface area contributed by atoms with E-state index in [-0.39, 0.29) is 12.5 Å². The Bertz CT molecular complexity index is 1490. The van der Waals surface area contributed by atoms with Gasteiger partial charge < -0.3 is 44.4 Å². The van der Waals surface area contributed by atoms with E-state index in [1.807, 2.05) is 37.8 Å². The SMILES string of the molecule is COc1cc(-n2cnc(Nc3nc4c(c(N5CCC[C@H]5C(N)=O)n3)CCN(C(=O)OC(C)(C)C)C4)c2)cc(OC)c1OC. The lowest BCUT2D eigenvalue weighted by atomic mass is 10.0. The van der Waals surface area contributed by atoms with Gasteiger partial charge in [0.05, 0.1) is 45.5 Å². The van der Waals surface area contributed by atoms with Crippen molar-refractivity contribution in [2.45, 2.75) is 58.2 Å². The van der Waals surface area contributed by atoms with Crippen LogP contribution in [-0.2, 0) is 22.5 Å². The fourth-order valence-electron chi connectivity index (χ4n) is 5.36. The van der Waals surface area contributed by atoms with Gasteiger partial charge in [-0.05, 0) is 40.0 Å². The predicted octanol–water partition coefficient (Wildman–Crippen LogP) is 3.18. The molecule has 5 rings (SSSR count). The molecule has 0 saturated carbocycles. The van der Waals surface area contributed by atoms with Crippen LogP contribution in [0.5, 0.6) is 17.2 Å². The lowest BCUT2D eigenvalue weighted by Gasteiger charge is -2.33. The van der Waals surface area contributed by atoms with Crippen molar-refractivity contribution in [1.82, 2.24) is 24.4 Å². The van der Waals surface area contributed by atoms with Gasteiger partial charge in [-0.1, -0.05) is 0 Å². The summed E-state index contributed by atoms with van der Waals surface area (Å²) in [6.45, 7) is 6.82. The molecule has 2 aliphatic rings. The van der Waals surface area contributed by atoms with E-state index >= 15 is 0 Å². The smallest absolute Gasteiger partial charge is 0.410 e. The highest BCUT2D eigenvalue weighted by molar-refractivity contribution is 5.84. The summed E-state index contributed by atoms with van der Waals surface area (Å²) >= 11 is 0. The second-order valence-electron chi connectivity index (χ2n) is 11.4. The molecule has 2 amide bonds. The average molecular weight is 595 g/mol. The number of fused-ring (bicyclic) bond motifs is 1. The number of primary amides is 1. The number of carbonyl (C=O) groups is 2. The van der Waals surface area contributed by atoms with Crippen molar-refractivity contribution < 1.29 is 28.5 Å². The summed E-state index contributed by atoms with van der Waals surface area (Å²) in [5, 5.41) is 3.20. The number of anilines is 3. The Kier molecular flexibility index (Phi) is 8.20. The highest BCUT2D eigenvalue weighted by Crippen LogP contribution is 2.39. The van der Waals surface area contributed by atoms with E-state index in [1.54, 1.807) is 43.3 Å². The zero-order chi connectivity index (χ0) is 30.9. The Morgan fingerprint density at radius 3 is 2.40 bits per heavy atom. The Hall–Kier alpha value is -4.75.